The lowest BCUT2D eigenvalue weighted by Crippen LogP contribution is -2.51. The van der Waals surface area contributed by atoms with Crippen LogP contribution in [-0.4, -0.2) is 53.2 Å². The maximum absolute atomic E-state index is 12.2. The Morgan fingerprint density at radius 3 is 2.59 bits per heavy atom. The Morgan fingerprint density at radius 1 is 1.22 bits per heavy atom. The van der Waals surface area contributed by atoms with Gasteiger partial charge in [-0.3, -0.25) is 14.7 Å². The van der Waals surface area contributed by atoms with E-state index in [1.54, 1.807) is 6.92 Å². The Labute approximate surface area is 158 Å². The molecule has 1 aliphatic heterocycles. The number of rotatable bonds is 5. The maximum atomic E-state index is 12.2. The number of carbonyl (C=O) groups excluding carboxylic acids is 1. The predicted molar refractivity (Wildman–Crippen MR) is 103 cm³/mol. The number of carbonyl (C=O) groups is 2. The van der Waals surface area contributed by atoms with E-state index < -0.39 is 18.2 Å². The van der Waals surface area contributed by atoms with Crippen molar-refractivity contribution in [2.75, 3.05) is 20.1 Å². The third-order valence-electron chi connectivity index (χ3n) is 5.32. The van der Waals surface area contributed by atoms with Crippen LogP contribution >= 0.6 is 0 Å². The van der Waals surface area contributed by atoms with Crippen LogP contribution in [0.5, 0.6) is 0 Å². The van der Waals surface area contributed by atoms with Gasteiger partial charge in [0.15, 0.2) is 0 Å². The van der Waals surface area contributed by atoms with E-state index in [1.165, 1.54) is 11.9 Å². The highest BCUT2D eigenvalue weighted by Gasteiger charge is 2.38. The first-order valence-electron chi connectivity index (χ1n) is 9.32. The van der Waals surface area contributed by atoms with Crippen molar-refractivity contribution in [2.24, 2.45) is 5.92 Å². The first-order chi connectivity index (χ1) is 13.0. The van der Waals surface area contributed by atoms with Crippen molar-refractivity contribution in [3.05, 3.63) is 42.1 Å². The molecule has 1 aromatic heterocycles. The summed E-state index contributed by atoms with van der Waals surface area (Å²) in [4.78, 5) is 30.5. The molecule has 1 aliphatic rings. The smallest absolute Gasteiger partial charge is 0.408 e. The number of likely N-dealkylation sites (N-methyl/N-ethyl adjacent to an activating group) is 1. The number of carboxylic acid groups (broad SMARTS) is 1. The van der Waals surface area contributed by atoms with Gasteiger partial charge in [-0.2, -0.15) is 0 Å². The lowest BCUT2D eigenvalue weighted by molar-refractivity contribution is -0.126. The number of nitrogens with one attached hydrogen (secondary N) is 2. The van der Waals surface area contributed by atoms with Crippen LogP contribution in [0.15, 0.2) is 36.4 Å². The molecule has 2 aromatic rings. The first-order valence-corrected chi connectivity index (χ1v) is 9.32. The largest absolute Gasteiger partial charge is 0.465 e. The van der Waals surface area contributed by atoms with Gasteiger partial charge in [-0.25, -0.2) is 4.79 Å². The van der Waals surface area contributed by atoms with Gasteiger partial charge < -0.3 is 15.7 Å². The number of pyridine rings is 1. The zero-order valence-corrected chi connectivity index (χ0v) is 15.7. The first kappa shape index (κ1) is 19.1. The van der Waals surface area contributed by atoms with E-state index in [2.05, 4.69) is 10.6 Å². The number of nitrogens with zero attached hydrogens (tertiary/aromatic N) is 2. The summed E-state index contributed by atoms with van der Waals surface area (Å²) in [5.74, 6) is -0.222. The summed E-state index contributed by atoms with van der Waals surface area (Å²) in [7, 11) is 1.52. The van der Waals surface area contributed by atoms with E-state index in [9.17, 15) is 14.7 Å². The summed E-state index contributed by atoms with van der Waals surface area (Å²) in [5.41, 5.74) is 1.52. The summed E-state index contributed by atoms with van der Waals surface area (Å²) < 4.78 is 0. The quantitative estimate of drug-likeness (QED) is 0.751. The molecule has 1 fully saturated rings. The zero-order valence-electron chi connectivity index (χ0n) is 15.7. The fourth-order valence-electron chi connectivity index (χ4n) is 3.88. The lowest BCUT2D eigenvalue weighted by atomic mass is 9.86. The Kier molecular flexibility index (Phi) is 5.91. The summed E-state index contributed by atoms with van der Waals surface area (Å²) >= 11 is 0. The summed E-state index contributed by atoms with van der Waals surface area (Å²) in [6.07, 6.45) is 0.567. The van der Waals surface area contributed by atoms with Crippen LogP contribution in [0.3, 0.4) is 0 Å². The standard InChI is InChI=1S/C20H26N4O3/c1-13(19(25)21-2)24(20(26)27)18(15-9-11-22-12-10-15)17-8-7-14-5-3-4-6-16(14)23-17/h3-8,13,15,18,22H,9-12H2,1-2H3,(H,21,25)(H,26,27). The van der Waals surface area contributed by atoms with Crippen LogP contribution in [0.25, 0.3) is 10.9 Å². The molecular weight excluding hydrogens is 344 g/mol. The molecule has 0 bridgehead atoms. The molecule has 0 radical (unpaired) electrons. The van der Waals surface area contributed by atoms with Gasteiger partial charge in [0.1, 0.15) is 6.04 Å². The highest BCUT2D eigenvalue weighted by molar-refractivity contribution is 5.85. The molecule has 0 spiro atoms. The van der Waals surface area contributed by atoms with Crippen LogP contribution < -0.4 is 10.6 Å². The monoisotopic (exact) mass is 370 g/mol. The molecule has 0 aliphatic carbocycles. The van der Waals surface area contributed by atoms with Gasteiger partial charge in [-0.15, -0.1) is 0 Å². The van der Waals surface area contributed by atoms with Gasteiger partial charge in [0.25, 0.3) is 0 Å². The second kappa shape index (κ2) is 8.35. The van der Waals surface area contributed by atoms with Crippen molar-refractivity contribution in [1.29, 1.82) is 0 Å². The van der Waals surface area contributed by atoms with Crippen LogP contribution in [0.1, 0.15) is 31.5 Å². The number of aromatic nitrogens is 1. The second-order valence-corrected chi connectivity index (χ2v) is 6.94. The number of hydrogen-bond acceptors (Lipinski definition) is 4. The molecule has 144 valence electrons. The van der Waals surface area contributed by atoms with Crippen LogP contribution in [0.4, 0.5) is 4.79 Å². The van der Waals surface area contributed by atoms with Gasteiger partial charge in [-0.05, 0) is 50.9 Å². The second-order valence-electron chi connectivity index (χ2n) is 6.94. The minimum Gasteiger partial charge on any atom is -0.465 e. The van der Waals surface area contributed by atoms with E-state index in [-0.39, 0.29) is 11.8 Å². The molecule has 27 heavy (non-hydrogen) atoms. The third kappa shape index (κ3) is 4.03. The molecule has 3 N–H and O–H groups in total. The molecule has 2 amide bonds. The Bertz CT molecular complexity index is 820. The summed E-state index contributed by atoms with van der Waals surface area (Å²) in [6.45, 7) is 3.29. The van der Waals surface area contributed by atoms with Crippen molar-refractivity contribution < 1.29 is 14.7 Å². The number of para-hydroxylation sites is 1. The van der Waals surface area contributed by atoms with E-state index >= 15 is 0 Å². The van der Waals surface area contributed by atoms with E-state index in [0.29, 0.717) is 5.69 Å². The number of piperidine rings is 1. The fraction of sp³-hybridized carbons (Fsp3) is 0.450. The van der Waals surface area contributed by atoms with Gasteiger partial charge in [0.2, 0.25) is 5.91 Å². The predicted octanol–water partition coefficient (Wildman–Crippen LogP) is 2.39. The van der Waals surface area contributed by atoms with Crippen LogP contribution in [0, 0.1) is 5.92 Å². The van der Waals surface area contributed by atoms with Gasteiger partial charge in [0.05, 0.1) is 17.3 Å². The van der Waals surface area contributed by atoms with E-state index in [1.807, 2.05) is 36.4 Å². The minimum absolute atomic E-state index is 0.100. The van der Waals surface area contributed by atoms with Crippen molar-refractivity contribution >= 4 is 22.9 Å². The fourth-order valence-corrected chi connectivity index (χ4v) is 3.88. The summed E-state index contributed by atoms with van der Waals surface area (Å²) in [6, 6.07) is 10.4. The topological polar surface area (TPSA) is 94.6 Å². The molecular formula is C20H26N4O3. The molecule has 1 aromatic carbocycles. The zero-order chi connectivity index (χ0) is 19.4. The highest BCUT2D eigenvalue weighted by Crippen LogP contribution is 2.35. The third-order valence-corrected chi connectivity index (χ3v) is 5.32. The molecule has 7 heteroatoms. The molecule has 2 atom stereocenters. The van der Waals surface area contributed by atoms with Crippen molar-refractivity contribution in [3.63, 3.8) is 0 Å². The van der Waals surface area contributed by atoms with Crippen molar-refractivity contribution in [3.8, 4) is 0 Å². The Balaban J connectivity index is 2.07. The minimum atomic E-state index is -1.11. The SMILES string of the molecule is CNC(=O)C(C)N(C(=O)O)C(c1ccc2ccccc2n1)C1CCNCC1. The maximum Gasteiger partial charge on any atom is 0.408 e. The normalized spacial score (nSPS) is 17.3. The lowest BCUT2D eigenvalue weighted by Gasteiger charge is -2.39. The highest BCUT2D eigenvalue weighted by atomic mass is 16.4. The van der Waals surface area contributed by atoms with Crippen molar-refractivity contribution in [2.45, 2.75) is 31.8 Å². The van der Waals surface area contributed by atoms with E-state index in [4.69, 9.17) is 4.98 Å². The molecule has 7 nitrogen and oxygen atoms in total. The molecule has 2 heterocycles. The molecule has 1 saturated heterocycles. The molecule has 3 rings (SSSR count). The number of hydrogen-bond donors (Lipinski definition) is 3. The summed E-state index contributed by atoms with van der Waals surface area (Å²) in [5, 5.41) is 16.9. The van der Waals surface area contributed by atoms with E-state index in [0.717, 1.165) is 36.8 Å². The van der Waals surface area contributed by atoms with Crippen molar-refractivity contribution in [1.82, 2.24) is 20.5 Å². The van der Waals surface area contributed by atoms with Crippen LogP contribution in [0.2, 0.25) is 0 Å². The molecule has 0 saturated carbocycles. The Morgan fingerprint density at radius 2 is 1.93 bits per heavy atom. The number of fused-ring (bicyclic) bond motifs is 1. The number of amides is 2. The van der Waals surface area contributed by atoms with Gasteiger partial charge >= 0.3 is 6.09 Å². The molecule has 2 unspecified atom stereocenters. The average molecular weight is 370 g/mol. The van der Waals surface area contributed by atoms with Crippen LogP contribution in [-0.2, 0) is 4.79 Å². The Hall–Kier alpha value is -2.67. The van der Waals surface area contributed by atoms with Gasteiger partial charge in [0, 0.05) is 12.4 Å². The number of benzene rings is 1. The average Bonchev–Trinajstić information content (AvgIpc) is 2.70. The van der Waals surface area contributed by atoms with Gasteiger partial charge in [-0.1, -0.05) is 24.3 Å².